The molecule has 164 valence electrons. The van der Waals surface area contributed by atoms with Crippen molar-refractivity contribution in [1.29, 1.82) is 0 Å². The third kappa shape index (κ3) is 5.99. The summed E-state index contributed by atoms with van der Waals surface area (Å²) >= 11 is 0. The Morgan fingerprint density at radius 2 is 1.83 bits per heavy atom. The van der Waals surface area contributed by atoms with Gasteiger partial charge in [0.15, 0.2) is 11.5 Å². The van der Waals surface area contributed by atoms with Gasteiger partial charge in [-0.2, -0.15) is 0 Å². The second-order valence-electron chi connectivity index (χ2n) is 7.95. The van der Waals surface area contributed by atoms with Crippen molar-refractivity contribution in [2.24, 2.45) is 0 Å². The van der Waals surface area contributed by atoms with Crippen LogP contribution in [0.2, 0.25) is 0 Å². The lowest BCUT2D eigenvalue weighted by Crippen LogP contribution is -2.49. The minimum Gasteiger partial charge on any atom is -0.490 e. The van der Waals surface area contributed by atoms with E-state index in [9.17, 15) is 18.3 Å². The Labute approximate surface area is 170 Å². The van der Waals surface area contributed by atoms with Gasteiger partial charge in [0, 0.05) is 38.6 Å². The number of piperazine rings is 1. The lowest BCUT2D eigenvalue weighted by atomic mass is 9.72. The highest BCUT2D eigenvalue weighted by Gasteiger charge is 2.40. The molecule has 8 heteroatoms. The van der Waals surface area contributed by atoms with Crippen LogP contribution < -0.4 is 14.8 Å². The highest BCUT2D eigenvalue weighted by molar-refractivity contribution is 5.45. The van der Waals surface area contributed by atoms with Crippen LogP contribution in [0.5, 0.6) is 11.5 Å². The first kappa shape index (κ1) is 22.2. The standard InChI is InChI=1S/C21H31F3N2O3/c1-2-28-18-7-6-16(14-19(18)29-21(22,23)24)17(15-26-12-10-25-11-13-26)20(27)8-4-3-5-9-20/h6-7,14,17,25,27H,2-5,8-13,15H2,1H3. The van der Waals surface area contributed by atoms with Crippen LogP contribution in [0, 0.1) is 0 Å². The van der Waals surface area contributed by atoms with Crippen molar-refractivity contribution in [3.8, 4) is 11.5 Å². The van der Waals surface area contributed by atoms with Gasteiger partial charge in [0.1, 0.15) is 0 Å². The number of hydrogen-bond acceptors (Lipinski definition) is 5. The summed E-state index contributed by atoms with van der Waals surface area (Å²) in [6, 6.07) is 4.70. The molecule has 1 aliphatic carbocycles. The van der Waals surface area contributed by atoms with Gasteiger partial charge in [-0.3, -0.25) is 0 Å². The van der Waals surface area contributed by atoms with Crippen LogP contribution >= 0.6 is 0 Å². The lowest BCUT2D eigenvalue weighted by molar-refractivity contribution is -0.275. The minimum absolute atomic E-state index is 0.0603. The average molecular weight is 416 g/mol. The molecule has 1 aliphatic heterocycles. The maximum atomic E-state index is 13.0. The Bertz CT molecular complexity index is 657. The molecule has 0 amide bonds. The Kier molecular flexibility index (Phi) is 7.29. The monoisotopic (exact) mass is 416 g/mol. The smallest absolute Gasteiger partial charge is 0.490 e. The Balaban J connectivity index is 1.93. The van der Waals surface area contributed by atoms with Gasteiger partial charge in [-0.25, -0.2) is 0 Å². The molecule has 0 radical (unpaired) electrons. The zero-order valence-corrected chi connectivity index (χ0v) is 16.9. The van der Waals surface area contributed by atoms with E-state index in [0.29, 0.717) is 24.9 Å². The molecule has 2 N–H and O–H groups in total. The van der Waals surface area contributed by atoms with Gasteiger partial charge in [0.2, 0.25) is 0 Å². The van der Waals surface area contributed by atoms with Crippen molar-refractivity contribution < 1.29 is 27.8 Å². The molecule has 1 atom stereocenters. The molecule has 1 heterocycles. The topological polar surface area (TPSA) is 54.0 Å². The largest absolute Gasteiger partial charge is 0.573 e. The fourth-order valence-corrected chi connectivity index (χ4v) is 4.47. The highest BCUT2D eigenvalue weighted by atomic mass is 19.4. The number of benzene rings is 1. The Hall–Kier alpha value is -1.51. The van der Waals surface area contributed by atoms with Gasteiger partial charge >= 0.3 is 6.36 Å². The Morgan fingerprint density at radius 3 is 2.45 bits per heavy atom. The summed E-state index contributed by atoms with van der Waals surface area (Å²) in [6.45, 7) is 6.02. The van der Waals surface area contributed by atoms with Crippen molar-refractivity contribution >= 4 is 0 Å². The number of hydrogen-bond donors (Lipinski definition) is 2. The maximum Gasteiger partial charge on any atom is 0.573 e. The predicted molar refractivity (Wildman–Crippen MR) is 104 cm³/mol. The minimum atomic E-state index is -4.81. The summed E-state index contributed by atoms with van der Waals surface area (Å²) in [4.78, 5) is 2.27. The number of aliphatic hydroxyl groups is 1. The molecule has 1 aromatic carbocycles. The molecule has 0 aromatic heterocycles. The summed E-state index contributed by atoms with van der Waals surface area (Å²) in [5.41, 5.74) is -0.262. The van der Waals surface area contributed by atoms with Gasteiger partial charge in [0.25, 0.3) is 0 Å². The van der Waals surface area contributed by atoms with Crippen molar-refractivity contribution in [1.82, 2.24) is 10.2 Å². The number of rotatable bonds is 7. The highest BCUT2D eigenvalue weighted by Crippen LogP contribution is 2.43. The molecular formula is C21H31F3N2O3. The summed E-state index contributed by atoms with van der Waals surface area (Å²) in [5.74, 6) is -0.570. The van der Waals surface area contributed by atoms with E-state index in [-0.39, 0.29) is 24.0 Å². The van der Waals surface area contributed by atoms with Crippen LogP contribution in [0.25, 0.3) is 0 Å². The summed E-state index contributed by atoms with van der Waals surface area (Å²) < 4.78 is 48.5. The van der Waals surface area contributed by atoms with Gasteiger partial charge in [-0.1, -0.05) is 25.3 Å². The van der Waals surface area contributed by atoms with Crippen LogP contribution in [-0.2, 0) is 0 Å². The molecule has 3 rings (SSSR count). The first-order chi connectivity index (χ1) is 13.8. The molecule has 1 saturated carbocycles. The van der Waals surface area contributed by atoms with Crippen LogP contribution in [0.4, 0.5) is 13.2 Å². The van der Waals surface area contributed by atoms with E-state index in [1.54, 1.807) is 13.0 Å². The van der Waals surface area contributed by atoms with E-state index >= 15 is 0 Å². The van der Waals surface area contributed by atoms with Crippen LogP contribution in [-0.4, -0.2) is 61.3 Å². The fourth-order valence-electron chi connectivity index (χ4n) is 4.47. The van der Waals surface area contributed by atoms with E-state index in [0.717, 1.165) is 45.4 Å². The van der Waals surface area contributed by atoms with Crippen LogP contribution in [0.1, 0.15) is 50.5 Å². The van der Waals surface area contributed by atoms with E-state index in [2.05, 4.69) is 15.0 Å². The number of nitrogens with one attached hydrogen (secondary N) is 1. The molecule has 29 heavy (non-hydrogen) atoms. The summed E-state index contributed by atoms with van der Waals surface area (Å²) in [6.07, 6.45) is -0.553. The molecular weight excluding hydrogens is 385 g/mol. The number of halogens is 3. The predicted octanol–water partition coefficient (Wildman–Crippen LogP) is 3.67. The zero-order valence-electron chi connectivity index (χ0n) is 16.9. The van der Waals surface area contributed by atoms with E-state index < -0.39 is 12.0 Å². The van der Waals surface area contributed by atoms with Gasteiger partial charge in [-0.05, 0) is 37.5 Å². The van der Waals surface area contributed by atoms with E-state index in [1.807, 2.05) is 0 Å². The third-order valence-corrected chi connectivity index (χ3v) is 5.91. The van der Waals surface area contributed by atoms with Gasteiger partial charge < -0.3 is 24.8 Å². The van der Waals surface area contributed by atoms with Crippen LogP contribution in [0.15, 0.2) is 18.2 Å². The fraction of sp³-hybridized carbons (Fsp3) is 0.714. The lowest BCUT2D eigenvalue weighted by Gasteiger charge is -2.42. The van der Waals surface area contributed by atoms with Crippen molar-refractivity contribution in [3.63, 3.8) is 0 Å². The van der Waals surface area contributed by atoms with E-state index in [1.165, 1.54) is 12.1 Å². The zero-order chi connectivity index (χ0) is 20.9. The molecule has 1 aromatic rings. The second kappa shape index (κ2) is 9.53. The normalized spacial score (nSPS) is 21.6. The average Bonchev–Trinajstić information content (AvgIpc) is 2.68. The number of nitrogens with zero attached hydrogens (tertiary/aromatic N) is 1. The Morgan fingerprint density at radius 1 is 1.14 bits per heavy atom. The maximum absolute atomic E-state index is 13.0. The van der Waals surface area contributed by atoms with Crippen molar-refractivity contribution in [3.05, 3.63) is 23.8 Å². The molecule has 0 bridgehead atoms. The first-order valence-corrected chi connectivity index (χ1v) is 10.5. The summed E-state index contributed by atoms with van der Waals surface area (Å²) in [7, 11) is 0. The quantitative estimate of drug-likeness (QED) is 0.711. The first-order valence-electron chi connectivity index (χ1n) is 10.5. The van der Waals surface area contributed by atoms with Crippen molar-refractivity contribution in [2.45, 2.75) is 56.9 Å². The molecule has 0 spiro atoms. The van der Waals surface area contributed by atoms with Gasteiger partial charge in [-0.15, -0.1) is 13.2 Å². The molecule has 2 aliphatic rings. The molecule has 2 fully saturated rings. The summed E-state index contributed by atoms with van der Waals surface area (Å²) in [5, 5.41) is 14.8. The molecule has 1 unspecified atom stereocenters. The van der Waals surface area contributed by atoms with E-state index in [4.69, 9.17) is 4.74 Å². The molecule has 5 nitrogen and oxygen atoms in total. The SMILES string of the molecule is CCOc1ccc(C(CN2CCNCC2)C2(O)CCCCC2)cc1OC(F)(F)F. The van der Waals surface area contributed by atoms with Crippen LogP contribution in [0.3, 0.4) is 0 Å². The van der Waals surface area contributed by atoms with Crippen molar-refractivity contribution in [2.75, 3.05) is 39.3 Å². The number of ether oxygens (including phenoxy) is 2. The third-order valence-electron chi connectivity index (χ3n) is 5.91. The molecule has 1 saturated heterocycles. The number of alkyl halides is 3. The second-order valence-corrected chi connectivity index (χ2v) is 7.95. The van der Waals surface area contributed by atoms with Gasteiger partial charge in [0.05, 0.1) is 12.2 Å².